The summed E-state index contributed by atoms with van der Waals surface area (Å²) in [5.41, 5.74) is 1.26. The molecule has 0 N–H and O–H groups in total. The minimum Gasteiger partial charge on any atom is -0.481 e. The summed E-state index contributed by atoms with van der Waals surface area (Å²) in [6.07, 6.45) is 0. The smallest absolute Gasteiger partial charge is 0.270 e. The Morgan fingerprint density at radius 1 is 1.03 bits per heavy atom. The van der Waals surface area contributed by atoms with Crippen molar-refractivity contribution in [3.63, 3.8) is 0 Å². The highest BCUT2D eigenvalue weighted by molar-refractivity contribution is 6.31. The second kappa shape index (κ2) is 8.98. The van der Waals surface area contributed by atoms with E-state index in [1.165, 1.54) is 18.2 Å². The molecule has 4 aromatic rings. The fourth-order valence-corrected chi connectivity index (χ4v) is 4.01. The van der Waals surface area contributed by atoms with Crippen LogP contribution in [0.1, 0.15) is 11.1 Å². The zero-order valence-corrected chi connectivity index (χ0v) is 18.9. The number of rotatable bonds is 5. The van der Waals surface area contributed by atoms with Crippen molar-refractivity contribution in [3.8, 4) is 22.8 Å². The third kappa shape index (κ3) is 4.19. The second-order valence-electron chi connectivity index (χ2n) is 7.49. The first-order chi connectivity index (χ1) is 16.4. The molecule has 0 aliphatic carbocycles. The van der Waals surface area contributed by atoms with Crippen molar-refractivity contribution in [2.24, 2.45) is 0 Å². The number of fused-ring (bicyclic) bond motifs is 2. The normalized spacial score (nSPS) is 12.8. The van der Waals surface area contributed by atoms with E-state index in [4.69, 9.17) is 41.8 Å². The number of nitro benzene ring substituents is 1. The number of nitrogens with zero attached hydrogens (tertiary/aromatic N) is 1. The predicted molar refractivity (Wildman–Crippen MR) is 126 cm³/mol. The Morgan fingerprint density at radius 2 is 1.79 bits per heavy atom. The molecule has 0 atom stereocenters. The largest absolute Gasteiger partial charge is 0.481 e. The van der Waals surface area contributed by atoms with Crippen LogP contribution in [0.5, 0.6) is 11.5 Å². The van der Waals surface area contributed by atoms with Gasteiger partial charge in [-0.3, -0.25) is 14.9 Å². The maximum Gasteiger partial charge on any atom is 0.270 e. The van der Waals surface area contributed by atoms with E-state index in [0.29, 0.717) is 38.1 Å². The summed E-state index contributed by atoms with van der Waals surface area (Å²) >= 11 is 12.1. The van der Waals surface area contributed by atoms with Gasteiger partial charge in [-0.2, -0.15) is 0 Å². The van der Waals surface area contributed by atoms with Crippen molar-refractivity contribution in [2.75, 3.05) is 6.79 Å². The van der Waals surface area contributed by atoms with E-state index in [0.717, 1.165) is 0 Å². The van der Waals surface area contributed by atoms with Crippen molar-refractivity contribution in [1.29, 1.82) is 0 Å². The van der Waals surface area contributed by atoms with Gasteiger partial charge in [0.1, 0.15) is 17.9 Å². The Hall–Kier alpha value is -3.59. The third-order valence-electron chi connectivity index (χ3n) is 5.27. The molecule has 2 heterocycles. The highest BCUT2D eigenvalue weighted by atomic mass is 35.5. The van der Waals surface area contributed by atoms with Gasteiger partial charge in [-0.05, 0) is 42.5 Å². The summed E-state index contributed by atoms with van der Waals surface area (Å²) < 4.78 is 22.8. The van der Waals surface area contributed by atoms with Gasteiger partial charge >= 0.3 is 0 Å². The molecule has 0 radical (unpaired) electrons. The van der Waals surface area contributed by atoms with Crippen molar-refractivity contribution in [3.05, 3.63) is 96.1 Å². The highest BCUT2D eigenvalue weighted by Crippen LogP contribution is 2.36. The van der Waals surface area contributed by atoms with Crippen molar-refractivity contribution in [1.82, 2.24) is 0 Å². The Morgan fingerprint density at radius 3 is 2.56 bits per heavy atom. The lowest BCUT2D eigenvalue weighted by atomic mass is 10.1. The molecule has 34 heavy (non-hydrogen) atoms. The summed E-state index contributed by atoms with van der Waals surface area (Å²) in [5.74, 6) is 0.558. The van der Waals surface area contributed by atoms with Crippen LogP contribution in [-0.2, 0) is 18.0 Å². The van der Waals surface area contributed by atoms with Gasteiger partial charge in [0.2, 0.25) is 11.2 Å². The molecule has 0 bridgehead atoms. The molecule has 1 aliphatic heterocycles. The van der Waals surface area contributed by atoms with E-state index in [9.17, 15) is 14.9 Å². The van der Waals surface area contributed by atoms with Gasteiger partial charge in [-0.1, -0.05) is 23.2 Å². The average Bonchev–Trinajstić information content (AvgIpc) is 2.84. The molecule has 3 aromatic carbocycles. The van der Waals surface area contributed by atoms with Gasteiger partial charge in [-0.25, -0.2) is 0 Å². The molecule has 0 fully saturated rings. The molecule has 0 saturated carbocycles. The Kier molecular flexibility index (Phi) is 5.87. The van der Waals surface area contributed by atoms with Crippen molar-refractivity contribution in [2.45, 2.75) is 13.2 Å². The SMILES string of the molecule is O=c1c(OCc2cc([N+](=O)[O-])cc3c2OCOC3)c(-c2ccc(Cl)cc2)oc2ccc(Cl)cc12. The lowest BCUT2D eigenvalue weighted by molar-refractivity contribution is -0.385. The topological polar surface area (TPSA) is 101 Å². The van der Waals surface area contributed by atoms with Gasteiger partial charge in [0.05, 0.1) is 16.9 Å². The van der Waals surface area contributed by atoms with Gasteiger partial charge in [0.25, 0.3) is 5.69 Å². The van der Waals surface area contributed by atoms with Crippen LogP contribution in [-0.4, -0.2) is 11.7 Å². The van der Waals surface area contributed by atoms with Crippen LogP contribution in [0.2, 0.25) is 10.0 Å². The van der Waals surface area contributed by atoms with E-state index in [2.05, 4.69) is 0 Å². The predicted octanol–water partition coefficient (Wildman–Crippen LogP) is 6.12. The summed E-state index contributed by atoms with van der Waals surface area (Å²) in [7, 11) is 0. The fraction of sp³-hybridized carbons (Fsp3) is 0.125. The monoisotopic (exact) mass is 499 g/mol. The first-order valence-corrected chi connectivity index (χ1v) is 10.8. The molecule has 1 aromatic heterocycles. The maximum atomic E-state index is 13.4. The number of ether oxygens (including phenoxy) is 3. The molecule has 0 unspecified atom stereocenters. The molecule has 0 saturated heterocycles. The van der Waals surface area contributed by atoms with Crippen LogP contribution < -0.4 is 14.9 Å². The molecular formula is C24H15Cl2NO7. The van der Waals surface area contributed by atoms with Gasteiger partial charge in [-0.15, -0.1) is 0 Å². The van der Waals surface area contributed by atoms with Gasteiger partial charge in [0.15, 0.2) is 12.6 Å². The number of non-ortho nitro benzene ring substituents is 1. The van der Waals surface area contributed by atoms with Crippen LogP contribution in [0.25, 0.3) is 22.3 Å². The van der Waals surface area contributed by atoms with Crippen LogP contribution in [0.15, 0.2) is 63.8 Å². The van der Waals surface area contributed by atoms with Gasteiger partial charge < -0.3 is 18.6 Å². The van der Waals surface area contributed by atoms with Crippen LogP contribution in [0.3, 0.4) is 0 Å². The zero-order chi connectivity index (χ0) is 23.8. The Bertz CT molecular complexity index is 1480. The summed E-state index contributed by atoms with van der Waals surface area (Å²) in [6, 6.07) is 14.2. The number of benzene rings is 3. The average molecular weight is 500 g/mol. The minimum absolute atomic E-state index is 0.00441. The summed E-state index contributed by atoms with van der Waals surface area (Å²) in [4.78, 5) is 24.3. The first kappa shape index (κ1) is 22.2. The molecule has 1 aliphatic rings. The van der Waals surface area contributed by atoms with Crippen LogP contribution in [0.4, 0.5) is 5.69 Å². The quantitative estimate of drug-likeness (QED) is 0.240. The molecule has 5 rings (SSSR count). The molecular weight excluding hydrogens is 485 g/mol. The van der Waals surface area contributed by atoms with E-state index in [1.54, 1.807) is 36.4 Å². The number of hydrogen-bond acceptors (Lipinski definition) is 7. The third-order valence-corrected chi connectivity index (χ3v) is 5.76. The molecule has 8 nitrogen and oxygen atoms in total. The Labute approximate surface area is 202 Å². The van der Waals surface area contributed by atoms with Crippen LogP contribution >= 0.6 is 23.2 Å². The Balaban J connectivity index is 1.63. The second-order valence-corrected chi connectivity index (χ2v) is 8.36. The minimum atomic E-state index is -0.510. The summed E-state index contributed by atoms with van der Waals surface area (Å²) in [6.45, 7) is -0.0114. The fourth-order valence-electron chi connectivity index (χ4n) is 3.72. The maximum absolute atomic E-state index is 13.4. The zero-order valence-electron chi connectivity index (χ0n) is 17.4. The lowest BCUT2D eigenvalue weighted by Gasteiger charge is -2.21. The molecule has 0 amide bonds. The molecule has 172 valence electrons. The summed E-state index contributed by atoms with van der Waals surface area (Å²) in [5, 5.41) is 12.5. The van der Waals surface area contributed by atoms with Crippen molar-refractivity contribution < 1.29 is 23.6 Å². The first-order valence-electron chi connectivity index (χ1n) is 10.1. The standard InChI is InChI=1S/C24H15Cl2NO7/c25-16-3-1-13(2-4-16)23-24(21(28)19-9-17(26)5-6-20(19)34-23)32-11-15-8-18(27(29)30)7-14-10-31-12-33-22(14)15/h1-9H,10-12H2. The molecule has 10 heteroatoms. The van der Waals surface area contributed by atoms with E-state index in [-0.39, 0.29) is 42.6 Å². The number of hydrogen-bond donors (Lipinski definition) is 0. The van der Waals surface area contributed by atoms with Gasteiger partial charge in [0, 0.05) is 38.9 Å². The molecule has 0 spiro atoms. The number of halogens is 2. The van der Waals surface area contributed by atoms with E-state index >= 15 is 0 Å². The van der Waals surface area contributed by atoms with E-state index < -0.39 is 10.4 Å². The number of nitro groups is 1. The van der Waals surface area contributed by atoms with E-state index in [1.807, 2.05) is 0 Å². The van der Waals surface area contributed by atoms with Crippen molar-refractivity contribution >= 4 is 39.9 Å². The highest BCUT2D eigenvalue weighted by Gasteiger charge is 2.23. The van der Waals surface area contributed by atoms with Crippen LogP contribution in [0, 0.1) is 10.1 Å². The lowest BCUT2D eigenvalue weighted by Crippen LogP contribution is -2.16.